The number of aromatic nitrogens is 6. The van der Waals surface area contributed by atoms with Crippen LogP contribution >= 0.6 is 0 Å². The highest BCUT2D eigenvalue weighted by molar-refractivity contribution is 6.04. The Morgan fingerprint density at radius 3 is 2.47 bits per heavy atom. The summed E-state index contributed by atoms with van der Waals surface area (Å²) in [5, 5.41) is 12.1. The number of fused-ring (bicyclic) bond motifs is 1. The van der Waals surface area contributed by atoms with E-state index in [2.05, 4.69) is 25.5 Å². The molecule has 3 heterocycles. The fourth-order valence-electron chi connectivity index (χ4n) is 3.79. The van der Waals surface area contributed by atoms with Crippen molar-refractivity contribution in [1.82, 2.24) is 29.5 Å². The summed E-state index contributed by atoms with van der Waals surface area (Å²) in [7, 11) is 0. The van der Waals surface area contributed by atoms with Crippen molar-refractivity contribution in [3.63, 3.8) is 0 Å². The second kappa shape index (κ2) is 8.14. The summed E-state index contributed by atoms with van der Waals surface area (Å²) < 4.78 is 31.3. The summed E-state index contributed by atoms with van der Waals surface area (Å²) in [5.41, 5.74) is 3.48. The summed E-state index contributed by atoms with van der Waals surface area (Å²) in [6.45, 7) is 5.76. The van der Waals surface area contributed by atoms with Crippen molar-refractivity contribution in [1.29, 1.82) is 0 Å². The molecule has 0 radical (unpaired) electrons. The van der Waals surface area contributed by atoms with Crippen LogP contribution in [0.1, 0.15) is 27.2 Å². The molecule has 0 atom stereocenters. The molecule has 0 fully saturated rings. The Hall–Kier alpha value is -4.47. The number of benzene rings is 2. The van der Waals surface area contributed by atoms with Gasteiger partial charge in [-0.1, -0.05) is 18.2 Å². The summed E-state index contributed by atoms with van der Waals surface area (Å²) in [5.74, 6) is -2.30. The van der Waals surface area contributed by atoms with Crippen LogP contribution in [0.3, 0.4) is 0 Å². The van der Waals surface area contributed by atoms with E-state index in [-0.39, 0.29) is 5.82 Å². The molecule has 0 saturated carbocycles. The van der Waals surface area contributed by atoms with Gasteiger partial charge in [0, 0.05) is 6.07 Å². The lowest BCUT2D eigenvalue weighted by Gasteiger charge is -2.11. The second-order valence-corrected chi connectivity index (χ2v) is 7.84. The highest BCUT2D eigenvalue weighted by Gasteiger charge is 2.21. The van der Waals surface area contributed by atoms with Gasteiger partial charge in [-0.25, -0.2) is 23.4 Å². The van der Waals surface area contributed by atoms with Crippen LogP contribution in [-0.2, 0) is 0 Å². The SMILES string of the molecule is Cc1cc(NC(=O)c2c(F)cccc2F)n(-c2ncnc3c2cnn3-c2cccc(C)c2C)n1. The lowest BCUT2D eigenvalue weighted by atomic mass is 10.1. The van der Waals surface area contributed by atoms with Gasteiger partial charge < -0.3 is 5.32 Å². The predicted molar refractivity (Wildman–Crippen MR) is 122 cm³/mol. The molecule has 0 aliphatic carbocycles. The van der Waals surface area contributed by atoms with Gasteiger partial charge in [0.2, 0.25) is 0 Å². The average molecular weight is 459 g/mol. The Kier molecular flexibility index (Phi) is 5.12. The standard InChI is InChI=1S/C24H19F2N7O/c1-13-6-4-9-19(15(13)3)32-22-16(11-29-32)23(28-12-27-22)33-20(10-14(2)31-33)30-24(34)21-17(25)7-5-8-18(21)26/h4-12H,1-3H3,(H,30,34). The van der Waals surface area contributed by atoms with Crippen molar-refractivity contribution in [2.24, 2.45) is 0 Å². The zero-order valence-corrected chi connectivity index (χ0v) is 18.5. The van der Waals surface area contributed by atoms with Crippen molar-refractivity contribution < 1.29 is 13.6 Å². The number of hydrogen-bond donors (Lipinski definition) is 1. The van der Waals surface area contributed by atoms with Crippen LogP contribution < -0.4 is 5.32 Å². The number of anilines is 1. The smallest absolute Gasteiger partial charge is 0.262 e. The third kappa shape index (κ3) is 3.49. The molecule has 5 aromatic rings. The van der Waals surface area contributed by atoms with Gasteiger partial charge in [-0.05, 0) is 50.1 Å². The topological polar surface area (TPSA) is 90.5 Å². The molecule has 8 nitrogen and oxygen atoms in total. The lowest BCUT2D eigenvalue weighted by molar-refractivity contribution is 0.101. The highest BCUT2D eigenvalue weighted by atomic mass is 19.1. The molecule has 1 N–H and O–H groups in total. The monoisotopic (exact) mass is 459 g/mol. The molecule has 2 aromatic carbocycles. The van der Waals surface area contributed by atoms with E-state index in [1.165, 1.54) is 17.1 Å². The van der Waals surface area contributed by atoms with E-state index < -0.39 is 23.1 Å². The number of hydrogen-bond acceptors (Lipinski definition) is 5. The van der Waals surface area contributed by atoms with E-state index in [0.29, 0.717) is 22.5 Å². The molecule has 10 heteroatoms. The minimum absolute atomic E-state index is 0.199. The van der Waals surface area contributed by atoms with Crippen molar-refractivity contribution in [3.8, 4) is 11.5 Å². The normalized spacial score (nSPS) is 11.2. The molecule has 0 aliphatic rings. The van der Waals surface area contributed by atoms with Gasteiger partial charge in [0.15, 0.2) is 11.5 Å². The van der Waals surface area contributed by atoms with Crippen LogP contribution in [0.4, 0.5) is 14.6 Å². The minimum atomic E-state index is -0.959. The van der Waals surface area contributed by atoms with Crippen LogP contribution in [0, 0.1) is 32.4 Å². The summed E-state index contributed by atoms with van der Waals surface area (Å²) in [4.78, 5) is 21.4. The number of carbonyl (C=O) groups is 1. The molecule has 5 rings (SSSR count). The first-order valence-electron chi connectivity index (χ1n) is 10.4. The summed E-state index contributed by atoms with van der Waals surface area (Å²) >= 11 is 0. The van der Waals surface area contributed by atoms with Gasteiger partial charge in [0.25, 0.3) is 5.91 Å². The molecule has 0 bridgehead atoms. The number of aryl methyl sites for hydroxylation is 2. The summed E-state index contributed by atoms with van der Waals surface area (Å²) in [6, 6.07) is 10.7. The molecule has 0 saturated heterocycles. The molecule has 0 spiro atoms. The zero-order chi connectivity index (χ0) is 24.0. The Morgan fingerprint density at radius 2 is 1.71 bits per heavy atom. The van der Waals surface area contributed by atoms with E-state index in [1.807, 2.05) is 32.0 Å². The maximum Gasteiger partial charge on any atom is 0.262 e. The third-order valence-electron chi connectivity index (χ3n) is 5.61. The van der Waals surface area contributed by atoms with E-state index >= 15 is 0 Å². The number of nitrogens with one attached hydrogen (secondary N) is 1. The van der Waals surface area contributed by atoms with E-state index in [1.54, 1.807) is 23.9 Å². The average Bonchev–Trinajstić information content (AvgIpc) is 3.38. The first-order valence-corrected chi connectivity index (χ1v) is 10.4. The Balaban J connectivity index is 1.60. The van der Waals surface area contributed by atoms with Crippen LogP contribution in [-0.4, -0.2) is 35.4 Å². The highest BCUT2D eigenvalue weighted by Crippen LogP contribution is 2.26. The van der Waals surface area contributed by atoms with Gasteiger partial charge in [0.05, 0.1) is 23.0 Å². The first-order chi connectivity index (χ1) is 16.3. The Labute approximate surface area is 192 Å². The van der Waals surface area contributed by atoms with Crippen LogP contribution in [0.2, 0.25) is 0 Å². The van der Waals surface area contributed by atoms with Gasteiger partial charge >= 0.3 is 0 Å². The van der Waals surface area contributed by atoms with Crippen molar-refractivity contribution >= 4 is 22.8 Å². The van der Waals surface area contributed by atoms with E-state index in [4.69, 9.17) is 0 Å². The van der Waals surface area contributed by atoms with Gasteiger partial charge in [-0.3, -0.25) is 4.79 Å². The predicted octanol–water partition coefficient (Wildman–Crippen LogP) is 4.46. The number of nitrogens with zero attached hydrogens (tertiary/aromatic N) is 6. The van der Waals surface area contributed by atoms with Gasteiger partial charge in [0.1, 0.15) is 29.3 Å². The van der Waals surface area contributed by atoms with E-state index in [0.717, 1.165) is 28.9 Å². The van der Waals surface area contributed by atoms with Crippen molar-refractivity contribution in [2.45, 2.75) is 20.8 Å². The van der Waals surface area contributed by atoms with Gasteiger partial charge in [-0.2, -0.15) is 14.9 Å². The molecule has 0 unspecified atom stereocenters. The first kappa shape index (κ1) is 21.4. The van der Waals surface area contributed by atoms with E-state index in [9.17, 15) is 13.6 Å². The molecule has 1 amide bonds. The van der Waals surface area contributed by atoms with Crippen LogP contribution in [0.15, 0.2) is 55.0 Å². The molecule has 170 valence electrons. The van der Waals surface area contributed by atoms with Crippen LogP contribution in [0.5, 0.6) is 0 Å². The number of rotatable bonds is 4. The molecular weight excluding hydrogens is 440 g/mol. The molecular formula is C24H19F2N7O. The Morgan fingerprint density at radius 1 is 0.971 bits per heavy atom. The maximum atomic E-state index is 14.1. The third-order valence-corrected chi connectivity index (χ3v) is 5.61. The number of amides is 1. The fourth-order valence-corrected chi connectivity index (χ4v) is 3.79. The maximum absolute atomic E-state index is 14.1. The minimum Gasteiger partial charge on any atom is -0.306 e. The largest absolute Gasteiger partial charge is 0.306 e. The zero-order valence-electron chi connectivity index (χ0n) is 18.5. The quantitative estimate of drug-likeness (QED) is 0.429. The molecule has 3 aromatic heterocycles. The van der Waals surface area contributed by atoms with Crippen LogP contribution in [0.25, 0.3) is 22.5 Å². The molecule has 34 heavy (non-hydrogen) atoms. The molecule has 0 aliphatic heterocycles. The Bertz CT molecular complexity index is 1550. The number of carbonyl (C=O) groups excluding carboxylic acids is 1. The fraction of sp³-hybridized carbons (Fsp3) is 0.125. The van der Waals surface area contributed by atoms with Gasteiger partial charge in [-0.15, -0.1) is 0 Å². The van der Waals surface area contributed by atoms with Crippen molar-refractivity contribution in [2.75, 3.05) is 5.32 Å². The number of halogens is 2. The van der Waals surface area contributed by atoms with Crippen molar-refractivity contribution in [3.05, 3.63) is 89.0 Å². The lowest BCUT2D eigenvalue weighted by Crippen LogP contribution is -2.18. The second-order valence-electron chi connectivity index (χ2n) is 7.84. The summed E-state index contributed by atoms with van der Waals surface area (Å²) in [6.07, 6.45) is 2.99.